The summed E-state index contributed by atoms with van der Waals surface area (Å²) < 4.78 is 54.5. The van der Waals surface area contributed by atoms with Gasteiger partial charge >= 0.3 is 6.18 Å². The number of nitrogens with zero attached hydrogens (tertiary/aromatic N) is 4. The Morgan fingerprint density at radius 1 is 1.28 bits per heavy atom. The second kappa shape index (κ2) is 7.73. The van der Waals surface area contributed by atoms with Crippen LogP contribution in [0.1, 0.15) is 21.5 Å². The Bertz CT molecular complexity index is 1050. The van der Waals surface area contributed by atoms with Crippen molar-refractivity contribution in [1.82, 2.24) is 19.7 Å². The minimum Gasteiger partial charge on any atom is -0.365 e. The maximum absolute atomic E-state index is 13.5. The number of halogens is 4. The van der Waals surface area contributed by atoms with Gasteiger partial charge in [-0.25, -0.2) is 9.37 Å². The van der Waals surface area contributed by atoms with E-state index < -0.39 is 30.0 Å². The highest BCUT2D eigenvalue weighted by atomic mass is 19.4. The van der Waals surface area contributed by atoms with Gasteiger partial charge in [0.15, 0.2) is 0 Å². The van der Waals surface area contributed by atoms with Crippen LogP contribution < -0.4 is 16.4 Å². The topological polar surface area (TPSA) is 111 Å². The number of aryl methyl sites for hydroxylation is 1. The Balaban J connectivity index is 1.89. The van der Waals surface area contributed by atoms with Crippen LogP contribution in [-0.4, -0.2) is 25.7 Å². The molecule has 0 atom stereocenters. The smallest absolute Gasteiger partial charge is 0.365 e. The van der Waals surface area contributed by atoms with E-state index in [0.717, 1.165) is 18.3 Å². The minimum atomic E-state index is -4.67. The lowest BCUT2D eigenvalue weighted by molar-refractivity contribution is -0.138. The van der Waals surface area contributed by atoms with Crippen LogP contribution in [-0.2, 0) is 19.8 Å². The van der Waals surface area contributed by atoms with E-state index in [-0.39, 0.29) is 22.9 Å². The average molecular weight is 409 g/mol. The number of carbonyl (C=O) groups is 1. The van der Waals surface area contributed by atoms with Gasteiger partial charge in [-0.05, 0) is 23.8 Å². The number of primary amides is 1. The summed E-state index contributed by atoms with van der Waals surface area (Å²) >= 11 is 0. The van der Waals surface area contributed by atoms with Gasteiger partial charge in [-0.15, -0.1) is 0 Å². The molecule has 0 unspecified atom stereocenters. The van der Waals surface area contributed by atoms with Gasteiger partial charge in [0.25, 0.3) is 5.91 Å². The number of rotatable bonds is 6. The zero-order valence-corrected chi connectivity index (χ0v) is 15.0. The zero-order valence-electron chi connectivity index (χ0n) is 15.0. The van der Waals surface area contributed by atoms with Crippen molar-refractivity contribution in [3.8, 4) is 0 Å². The minimum absolute atomic E-state index is 0.0563. The predicted octanol–water partition coefficient (Wildman–Crippen LogP) is 2.82. The summed E-state index contributed by atoms with van der Waals surface area (Å²) in [5.74, 6) is -1.75. The molecule has 12 heteroatoms. The molecule has 0 spiro atoms. The van der Waals surface area contributed by atoms with Crippen LogP contribution in [0.3, 0.4) is 0 Å². The molecule has 0 saturated heterocycles. The Labute approximate surface area is 161 Å². The van der Waals surface area contributed by atoms with Crippen LogP contribution >= 0.6 is 0 Å². The van der Waals surface area contributed by atoms with E-state index in [1.54, 1.807) is 13.2 Å². The van der Waals surface area contributed by atoms with E-state index in [2.05, 4.69) is 25.7 Å². The number of hydrogen-bond acceptors (Lipinski definition) is 6. The molecule has 3 aromatic rings. The lowest BCUT2D eigenvalue weighted by Crippen LogP contribution is -2.18. The van der Waals surface area contributed by atoms with Crippen molar-refractivity contribution in [1.29, 1.82) is 0 Å². The summed E-state index contributed by atoms with van der Waals surface area (Å²) in [7, 11) is 1.70. The molecular weight excluding hydrogens is 394 g/mol. The summed E-state index contributed by atoms with van der Waals surface area (Å²) in [4.78, 5) is 19.6. The van der Waals surface area contributed by atoms with E-state index in [0.29, 0.717) is 11.8 Å². The highest BCUT2D eigenvalue weighted by molar-refractivity contribution is 5.97. The van der Waals surface area contributed by atoms with Crippen molar-refractivity contribution in [2.24, 2.45) is 12.8 Å². The first-order chi connectivity index (χ1) is 13.6. The zero-order chi connectivity index (χ0) is 21.2. The molecule has 8 nitrogen and oxygen atoms in total. The van der Waals surface area contributed by atoms with Crippen LogP contribution in [0.5, 0.6) is 0 Å². The van der Waals surface area contributed by atoms with Crippen molar-refractivity contribution >= 4 is 23.4 Å². The van der Waals surface area contributed by atoms with E-state index in [1.807, 2.05) is 0 Å². The lowest BCUT2D eigenvalue weighted by Gasteiger charge is -2.15. The number of benzene rings is 1. The van der Waals surface area contributed by atoms with Crippen LogP contribution in [0, 0.1) is 5.82 Å². The van der Waals surface area contributed by atoms with Crippen LogP contribution in [0.15, 0.2) is 36.8 Å². The molecule has 1 amide bonds. The average Bonchev–Trinajstić information content (AvgIpc) is 3.03. The predicted molar refractivity (Wildman–Crippen MR) is 95.8 cm³/mol. The molecular formula is C17H15F4N7O. The molecule has 1 aromatic carbocycles. The molecule has 2 heterocycles. The fourth-order valence-electron chi connectivity index (χ4n) is 2.54. The van der Waals surface area contributed by atoms with Crippen molar-refractivity contribution in [2.45, 2.75) is 12.7 Å². The largest absolute Gasteiger partial charge is 0.416 e. The number of hydrogen-bond donors (Lipinski definition) is 3. The van der Waals surface area contributed by atoms with E-state index in [4.69, 9.17) is 5.73 Å². The fraction of sp³-hybridized carbons (Fsp3) is 0.176. The number of alkyl halides is 3. The van der Waals surface area contributed by atoms with Crippen molar-refractivity contribution in [3.63, 3.8) is 0 Å². The van der Waals surface area contributed by atoms with E-state index in [1.165, 1.54) is 10.9 Å². The Morgan fingerprint density at radius 2 is 2.03 bits per heavy atom. The maximum Gasteiger partial charge on any atom is 0.416 e. The third-order valence-electron chi connectivity index (χ3n) is 3.83. The van der Waals surface area contributed by atoms with Crippen LogP contribution in [0.2, 0.25) is 0 Å². The first-order valence-corrected chi connectivity index (χ1v) is 8.15. The highest BCUT2D eigenvalue weighted by Crippen LogP contribution is 2.32. The van der Waals surface area contributed by atoms with Crippen LogP contribution in [0.4, 0.5) is 35.0 Å². The van der Waals surface area contributed by atoms with Gasteiger partial charge in [0.2, 0.25) is 5.95 Å². The number of amides is 1. The normalized spacial score (nSPS) is 11.3. The lowest BCUT2D eigenvalue weighted by atomic mass is 10.1. The first kappa shape index (κ1) is 20.0. The van der Waals surface area contributed by atoms with Gasteiger partial charge in [0.1, 0.15) is 11.6 Å². The third-order valence-corrected chi connectivity index (χ3v) is 3.83. The maximum atomic E-state index is 13.5. The summed E-state index contributed by atoms with van der Waals surface area (Å²) in [6.07, 6.45) is -0.399. The number of carbonyl (C=O) groups excluding carboxylic acids is 1. The molecule has 152 valence electrons. The van der Waals surface area contributed by atoms with Crippen LogP contribution in [0.25, 0.3) is 0 Å². The standard InChI is InChI=1S/C17H15F4N7O/c1-28-8-11(6-25-28)26-16-24-7-12(14(22)29)15(27-16)23-5-9-4-10(18)2-3-13(9)17(19,20)21/h2-4,6-8H,5H2,1H3,(H2,22,29)(H2,23,24,26,27). The molecule has 0 aliphatic heterocycles. The molecule has 0 aliphatic carbocycles. The number of nitrogens with two attached hydrogens (primary N) is 1. The molecule has 0 aliphatic rings. The van der Waals surface area contributed by atoms with Crippen molar-refractivity contribution in [2.75, 3.05) is 10.6 Å². The molecule has 4 N–H and O–H groups in total. The van der Waals surface area contributed by atoms with Gasteiger partial charge in [0.05, 0.1) is 23.0 Å². The molecule has 29 heavy (non-hydrogen) atoms. The Morgan fingerprint density at radius 3 is 2.66 bits per heavy atom. The molecule has 0 saturated carbocycles. The molecule has 3 rings (SSSR count). The Kier molecular flexibility index (Phi) is 5.35. The summed E-state index contributed by atoms with van der Waals surface area (Å²) in [5.41, 5.74) is 4.34. The second-order valence-electron chi connectivity index (χ2n) is 6.00. The monoisotopic (exact) mass is 409 g/mol. The summed E-state index contributed by atoms with van der Waals surface area (Å²) in [6, 6.07) is 2.13. The Hall–Kier alpha value is -3.70. The number of anilines is 3. The summed E-state index contributed by atoms with van der Waals surface area (Å²) in [5, 5.41) is 9.40. The molecule has 0 bridgehead atoms. The van der Waals surface area contributed by atoms with Gasteiger partial charge in [-0.1, -0.05) is 0 Å². The van der Waals surface area contributed by atoms with Gasteiger partial charge < -0.3 is 16.4 Å². The number of nitrogens with one attached hydrogen (secondary N) is 2. The molecule has 0 fully saturated rings. The SMILES string of the molecule is Cn1cc(Nc2ncc(C(N)=O)c(NCc3cc(F)ccc3C(F)(F)F)n2)cn1. The highest BCUT2D eigenvalue weighted by Gasteiger charge is 2.33. The van der Waals surface area contributed by atoms with E-state index >= 15 is 0 Å². The summed E-state index contributed by atoms with van der Waals surface area (Å²) in [6.45, 7) is -0.448. The molecule has 0 radical (unpaired) electrons. The second-order valence-corrected chi connectivity index (χ2v) is 6.00. The number of aromatic nitrogens is 4. The third kappa shape index (κ3) is 4.78. The van der Waals surface area contributed by atoms with Gasteiger partial charge in [0, 0.05) is 26.0 Å². The van der Waals surface area contributed by atoms with Gasteiger partial charge in [-0.2, -0.15) is 23.3 Å². The fourth-order valence-corrected chi connectivity index (χ4v) is 2.54. The first-order valence-electron chi connectivity index (χ1n) is 8.15. The van der Waals surface area contributed by atoms with Gasteiger partial charge in [-0.3, -0.25) is 9.48 Å². The van der Waals surface area contributed by atoms with Crippen molar-refractivity contribution < 1.29 is 22.4 Å². The molecule has 2 aromatic heterocycles. The van der Waals surface area contributed by atoms with E-state index in [9.17, 15) is 22.4 Å². The van der Waals surface area contributed by atoms with Crippen molar-refractivity contribution in [3.05, 3.63) is 59.3 Å². The quantitative estimate of drug-likeness (QED) is 0.540.